The maximum absolute atomic E-state index is 2.67. The molecule has 1 nitrogen and oxygen atoms in total. The average molecular weight is 304 g/mol. The Bertz CT molecular complexity index is 431. The third kappa shape index (κ3) is 2.79. The second-order valence-corrected chi connectivity index (χ2v) is 8.67. The van der Waals surface area contributed by atoms with Crippen LogP contribution in [0.5, 0.6) is 0 Å². The minimum atomic E-state index is 0.711. The van der Waals surface area contributed by atoms with E-state index in [2.05, 4.69) is 39.6 Å². The first-order valence-electron chi connectivity index (χ1n) is 9.94. The van der Waals surface area contributed by atoms with Crippen molar-refractivity contribution < 1.29 is 0 Å². The lowest BCUT2D eigenvalue weighted by Gasteiger charge is -2.45. The zero-order valence-electron chi connectivity index (χ0n) is 15.6. The smallest absolute Gasteiger partial charge is 0.00443 e. The molecule has 3 aliphatic carbocycles. The van der Waals surface area contributed by atoms with E-state index in [1.54, 1.807) is 0 Å². The highest BCUT2D eigenvalue weighted by Gasteiger charge is 2.51. The first kappa shape index (κ1) is 16.6. The lowest BCUT2D eigenvalue weighted by atomic mass is 9.62. The molecule has 0 spiro atoms. The predicted molar refractivity (Wildman–Crippen MR) is 95.9 cm³/mol. The summed E-state index contributed by atoms with van der Waals surface area (Å²) in [7, 11) is 2.38. The van der Waals surface area contributed by atoms with Crippen LogP contribution in [0, 0.1) is 29.1 Å². The minimum Gasteiger partial charge on any atom is -0.305 e. The van der Waals surface area contributed by atoms with Gasteiger partial charge in [-0.05, 0) is 68.2 Å². The molecular weight excluding hydrogens is 266 g/mol. The Labute approximate surface area is 138 Å². The molecule has 1 saturated carbocycles. The van der Waals surface area contributed by atoms with Crippen LogP contribution >= 0.6 is 0 Å². The van der Waals surface area contributed by atoms with Crippen molar-refractivity contribution in [1.29, 1.82) is 0 Å². The maximum atomic E-state index is 2.67. The second kappa shape index (κ2) is 6.30. The molecule has 126 valence electrons. The highest BCUT2D eigenvalue weighted by atomic mass is 15.1. The van der Waals surface area contributed by atoms with Crippen LogP contribution in [0.2, 0.25) is 0 Å². The van der Waals surface area contributed by atoms with E-state index in [0.29, 0.717) is 5.41 Å². The van der Waals surface area contributed by atoms with E-state index >= 15 is 0 Å². The monoisotopic (exact) mass is 303 g/mol. The molecule has 1 fully saturated rings. The fourth-order valence-corrected chi connectivity index (χ4v) is 5.87. The average Bonchev–Trinajstić information content (AvgIpc) is 3.15. The fraction of sp³-hybridized carbons (Fsp3) is 0.905. The van der Waals surface area contributed by atoms with Gasteiger partial charge in [-0.3, -0.25) is 0 Å². The molecule has 0 radical (unpaired) electrons. The van der Waals surface area contributed by atoms with Crippen LogP contribution in [0.25, 0.3) is 0 Å². The molecule has 0 aliphatic heterocycles. The summed E-state index contributed by atoms with van der Waals surface area (Å²) in [6.07, 6.45) is 9.88. The largest absolute Gasteiger partial charge is 0.305 e. The zero-order chi connectivity index (χ0) is 15.9. The van der Waals surface area contributed by atoms with Gasteiger partial charge in [0.1, 0.15) is 0 Å². The molecule has 0 heterocycles. The molecule has 3 aliphatic rings. The van der Waals surface area contributed by atoms with Crippen LogP contribution in [-0.2, 0) is 0 Å². The maximum Gasteiger partial charge on any atom is 0.00443 e. The van der Waals surface area contributed by atoms with Crippen LogP contribution in [0.3, 0.4) is 0 Å². The van der Waals surface area contributed by atoms with E-state index in [9.17, 15) is 0 Å². The van der Waals surface area contributed by atoms with Gasteiger partial charge >= 0.3 is 0 Å². The predicted octanol–water partition coefficient (Wildman–Crippen LogP) is 5.52. The van der Waals surface area contributed by atoms with E-state index in [0.717, 1.165) is 23.7 Å². The molecule has 4 atom stereocenters. The molecule has 3 rings (SSSR count). The first-order valence-corrected chi connectivity index (χ1v) is 9.94. The third-order valence-electron chi connectivity index (χ3n) is 7.63. The lowest BCUT2D eigenvalue weighted by Crippen LogP contribution is -2.37. The van der Waals surface area contributed by atoms with Gasteiger partial charge < -0.3 is 4.90 Å². The molecular formula is C21H37N. The van der Waals surface area contributed by atoms with Crippen molar-refractivity contribution in [2.45, 2.75) is 72.6 Å². The van der Waals surface area contributed by atoms with Crippen LogP contribution in [0.4, 0.5) is 0 Å². The Morgan fingerprint density at radius 2 is 1.73 bits per heavy atom. The van der Waals surface area contributed by atoms with Crippen molar-refractivity contribution in [3.05, 3.63) is 11.1 Å². The number of rotatable bonds is 7. The second-order valence-electron chi connectivity index (χ2n) is 8.67. The van der Waals surface area contributed by atoms with Crippen molar-refractivity contribution >= 4 is 0 Å². The van der Waals surface area contributed by atoms with Gasteiger partial charge in [0, 0.05) is 13.1 Å². The van der Waals surface area contributed by atoms with E-state index in [4.69, 9.17) is 0 Å². The summed E-state index contributed by atoms with van der Waals surface area (Å²) < 4.78 is 0. The van der Waals surface area contributed by atoms with E-state index in [1.165, 1.54) is 58.0 Å². The molecule has 0 saturated heterocycles. The Morgan fingerprint density at radius 3 is 2.23 bits per heavy atom. The summed E-state index contributed by atoms with van der Waals surface area (Å²) in [6, 6.07) is 0. The van der Waals surface area contributed by atoms with E-state index in [1.807, 2.05) is 11.1 Å². The zero-order valence-corrected chi connectivity index (χ0v) is 15.6. The van der Waals surface area contributed by atoms with E-state index in [-0.39, 0.29) is 0 Å². The van der Waals surface area contributed by atoms with Gasteiger partial charge in [0.25, 0.3) is 0 Å². The van der Waals surface area contributed by atoms with Crippen molar-refractivity contribution in [3.8, 4) is 0 Å². The molecule has 0 amide bonds. The van der Waals surface area contributed by atoms with Gasteiger partial charge in [0.2, 0.25) is 0 Å². The number of allylic oxidation sites excluding steroid dienone is 1. The molecule has 0 aromatic carbocycles. The summed E-state index contributed by atoms with van der Waals surface area (Å²) >= 11 is 0. The summed E-state index contributed by atoms with van der Waals surface area (Å²) in [5.74, 6) is 3.69. The molecule has 0 aromatic heterocycles. The molecule has 22 heavy (non-hydrogen) atoms. The number of nitrogens with zero attached hydrogens (tertiary/aromatic N) is 1. The molecule has 0 N–H and O–H groups in total. The number of hydrogen-bond acceptors (Lipinski definition) is 1. The fourth-order valence-electron chi connectivity index (χ4n) is 5.87. The van der Waals surface area contributed by atoms with E-state index < -0.39 is 0 Å². The lowest BCUT2D eigenvalue weighted by molar-refractivity contribution is 0.200. The number of hydrogen-bond donors (Lipinski definition) is 0. The Balaban J connectivity index is 1.57. The van der Waals surface area contributed by atoms with Crippen LogP contribution in [0.15, 0.2) is 11.1 Å². The Kier molecular flexibility index (Phi) is 4.74. The molecule has 0 bridgehead atoms. The van der Waals surface area contributed by atoms with Gasteiger partial charge in [-0.2, -0.15) is 0 Å². The molecule has 1 heteroatoms. The summed E-state index contributed by atoms with van der Waals surface area (Å²) in [4.78, 5) is 2.67. The SMILES string of the molecule is CCC1C2=C(CC2)C(CN(C)CC2CC2(CC)CC)CC1C. The van der Waals surface area contributed by atoms with Crippen molar-refractivity contribution in [3.63, 3.8) is 0 Å². The van der Waals surface area contributed by atoms with Gasteiger partial charge in [-0.25, -0.2) is 0 Å². The van der Waals surface area contributed by atoms with Gasteiger partial charge in [-0.15, -0.1) is 0 Å². The third-order valence-corrected chi connectivity index (χ3v) is 7.63. The highest BCUT2D eigenvalue weighted by molar-refractivity contribution is 5.32. The summed E-state index contributed by atoms with van der Waals surface area (Å²) in [5.41, 5.74) is 4.47. The summed E-state index contributed by atoms with van der Waals surface area (Å²) in [5, 5.41) is 0. The van der Waals surface area contributed by atoms with Crippen molar-refractivity contribution in [2.75, 3.05) is 20.1 Å². The van der Waals surface area contributed by atoms with Crippen LogP contribution in [-0.4, -0.2) is 25.0 Å². The van der Waals surface area contributed by atoms with Crippen molar-refractivity contribution in [1.82, 2.24) is 4.90 Å². The minimum absolute atomic E-state index is 0.711. The topological polar surface area (TPSA) is 3.24 Å². The van der Waals surface area contributed by atoms with Gasteiger partial charge in [-0.1, -0.05) is 51.7 Å². The molecule has 0 aromatic rings. The summed E-state index contributed by atoms with van der Waals surface area (Å²) in [6.45, 7) is 12.3. The normalized spacial score (nSPS) is 36.3. The van der Waals surface area contributed by atoms with Crippen LogP contribution < -0.4 is 0 Å². The van der Waals surface area contributed by atoms with Crippen molar-refractivity contribution in [2.24, 2.45) is 29.1 Å². The first-order chi connectivity index (χ1) is 10.5. The Hall–Kier alpha value is -0.300. The van der Waals surface area contributed by atoms with Crippen LogP contribution in [0.1, 0.15) is 72.6 Å². The van der Waals surface area contributed by atoms with Gasteiger partial charge in [0.15, 0.2) is 0 Å². The quantitative estimate of drug-likeness (QED) is 0.560. The standard InChI is InChI=1S/C21H37N/c1-6-18-15(4)11-16(19-9-10-20(18)19)13-22(5)14-17-12-21(17,7-2)8-3/h15-18H,6-14H2,1-5H3. The van der Waals surface area contributed by atoms with Gasteiger partial charge in [0.05, 0.1) is 0 Å². The Morgan fingerprint density at radius 1 is 1.05 bits per heavy atom. The highest BCUT2D eigenvalue weighted by Crippen LogP contribution is 2.58. The molecule has 4 unspecified atom stereocenters.